The van der Waals surface area contributed by atoms with Crippen molar-refractivity contribution in [3.63, 3.8) is 0 Å². The molecule has 0 heterocycles. The fourth-order valence-electron chi connectivity index (χ4n) is 2.39. The van der Waals surface area contributed by atoms with E-state index in [1.165, 1.54) is 24.3 Å². The minimum atomic E-state index is -0.590. The molecule has 0 aliphatic carbocycles. The standard InChI is InChI=1S/C17H18F3N/c1-2-21-11-12(13-6-3-4-7-15(13)18)10-14-16(19)8-5-9-17(14)20/h3-9,12,21H,2,10-11H2,1H3. The molecule has 0 bridgehead atoms. The molecule has 1 atom stereocenters. The second-order valence-electron chi connectivity index (χ2n) is 4.93. The summed E-state index contributed by atoms with van der Waals surface area (Å²) >= 11 is 0. The molecule has 2 aromatic carbocycles. The van der Waals surface area contributed by atoms with Crippen LogP contribution in [0.25, 0.3) is 0 Å². The van der Waals surface area contributed by atoms with Gasteiger partial charge in [0.25, 0.3) is 0 Å². The van der Waals surface area contributed by atoms with Crippen molar-refractivity contribution in [3.8, 4) is 0 Å². The Bertz CT molecular complexity index is 578. The molecule has 0 saturated carbocycles. The molecule has 2 rings (SSSR count). The van der Waals surface area contributed by atoms with Gasteiger partial charge in [-0.15, -0.1) is 0 Å². The summed E-state index contributed by atoms with van der Waals surface area (Å²) in [6.45, 7) is 3.11. The van der Waals surface area contributed by atoms with E-state index in [0.717, 1.165) is 0 Å². The van der Waals surface area contributed by atoms with E-state index in [4.69, 9.17) is 0 Å². The first-order valence-electron chi connectivity index (χ1n) is 7.01. The number of benzene rings is 2. The van der Waals surface area contributed by atoms with Gasteiger partial charge in [0.05, 0.1) is 0 Å². The maximum absolute atomic E-state index is 14.0. The topological polar surface area (TPSA) is 12.0 Å². The predicted octanol–water partition coefficient (Wildman–Crippen LogP) is 4.04. The van der Waals surface area contributed by atoms with Crippen LogP contribution < -0.4 is 5.32 Å². The molecule has 0 aromatic heterocycles. The zero-order valence-corrected chi connectivity index (χ0v) is 11.9. The summed E-state index contributed by atoms with van der Waals surface area (Å²) in [5.74, 6) is -1.85. The maximum atomic E-state index is 14.0. The van der Waals surface area contributed by atoms with Crippen molar-refractivity contribution in [2.45, 2.75) is 19.3 Å². The summed E-state index contributed by atoms with van der Waals surface area (Å²) in [4.78, 5) is 0. The highest BCUT2D eigenvalue weighted by atomic mass is 19.1. The summed E-state index contributed by atoms with van der Waals surface area (Å²) in [5.41, 5.74) is 0.477. The first kappa shape index (κ1) is 15.6. The zero-order valence-electron chi connectivity index (χ0n) is 11.9. The van der Waals surface area contributed by atoms with E-state index in [9.17, 15) is 13.2 Å². The molecule has 1 nitrogen and oxygen atoms in total. The Balaban J connectivity index is 2.31. The Morgan fingerprint density at radius 2 is 1.52 bits per heavy atom. The number of hydrogen-bond donors (Lipinski definition) is 1. The van der Waals surface area contributed by atoms with Gasteiger partial charge < -0.3 is 5.32 Å². The highest BCUT2D eigenvalue weighted by Gasteiger charge is 2.19. The molecule has 0 amide bonds. The quantitative estimate of drug-likeness (QED) is 0.847. The lowest BCUT2D eigenvalue weighted by molar-refractivity contribution is 0.507. The average Bonchev–Trinajstić information content (AvgIpc) is 2.47. The van der Waals surface area contributed by atoms with Crippen LogP contribution in [0.5, 0.6) is 0 Å². The molecule has 112 valence electrons. The van der Waals surface area contributed by atoms with Crippen LogP contribution >= 0.6 is 0 Å². The first-order valence-corrected chi connectivity index (χ1v) is 7.01. The molecule has 0 spiro atoms. The third-order valence-corrected chi connectivity index (χ3v) is 3.50. The van der Waals surface area contributed by atoms with E-state index in [0.29, 0.717) is 18.7 Å². The van der Waals surface area contributed by atoms with Gasteiger partial charge >= 0.3 is 0 Å². The van der Waals surface area contributed by atoms with E-state index in [2.05, 4.69) is 5.32 Å². The summed E-state index contributed by atoms with van der Waals surface area (Å²) in [5, 5.41) is 3.12. The van der Waals surface area contributed by atoms with Crippen molar-refractivity contribution >= 4 is 0 Å². The average molecular weight is 293 g/mol. The van der Waals surface area contributed by atoms with Crippen LogP contribution in [-0.4, -0.2) is 13.1 Å². The molecular formula is C17H18F3N. The van der Waals surface area contributed by atoms with Gasteiger partial charge in [-0.2, -0.15) is 0 Å². The van der Waals surface area contributed by atoms with Gasteiger partial charge in [-0.05, 0) is 36.7 Å². The molecule has 1 unspecified atom stereocenters. The third-order valence-electron chi connectivity index (χ3n) is 3.50. The van der Waals surface area contributed by atoms with Crippen molar-refractivity contribution in [1.29, 1.82) is 0 Å². The Morgan fingerprint density at radius 1 is 0.905 bits per heavy atom. The van der Waals surface area contributed by atoms with Gasteiger partial charge in [0.2, 0.25) is 0 Å². The smallest absolute Gasteiger partial charge is 0.129 e. The van der Waals surface area contributed by atoms with E-state index >= 15 is 0 Å². The normalized spacial score (nSPS) is 12.4. The molecule has 1 N–H and O–H groups in total. The van der Waals surface area contributed by atoms with E-state index < -0.39 is 11.6 Å². The van der Waals surface area contributed by atoms with Gasteiger partial charge in [0, 0.05) is 18.0 Å². The fourth-order valence-corrected chi connectivity index (χ4v) is 2.39. The molecule has 0 radical (unpaired) electrons. The highest BCUT2D eigenvalue weighted by Crippen LogP contribution is 2.25. The first-order chi connectivity index (χ1) is 10.1. The van der Waals surface area contributed by atoms with E-state index in [-0.39, 0.29) is 23.7 Å². The molecule has 0 fully saturated rings. The monoisotopic (exact) mass is 293 g/mol. The minimum absolute atomic E-state index is 0.00339. The maximum Gasteiger partial charge on any atom is 0.129 e. The lowest BCUT2D eigenvalue weighted by atomic mass is 9.91. The summed E-state index contributed by atoms with van der Waals surface area (Å²) < 4.78 is 41.5. The number of nitrogens with one attached hydrogen (secondary N) is 1. The number of hydrogen-bond acceptors (Lipinski definition) is 1. The minimum Gasteiger partial charge on any atom is -0.316 e. The van der Waals surface area contributed by atoms with Gasteiger partial charge in [-0.25, -0.2) is 13.2 Å². The zero-order chi connectivity index (χ0) is 15.2. The summed E-state index contributed by atoms with van der Waals surface area (Å²) in [6.07, 6.45) is 0.117. The number of halogens is 3. The van der Waals surface area contributed by atoms with Crippen molar-refractivity contribution in [3.05, 3.63) is 71.0 Å². The van der Waals surface area contributed by atoms with Crippen LogP contribution in [0.3, 0.4) is 0 Å². The van der Waals surface area contributed by atoms with Crippen LogP contribution in [-0.2, 0) is 6.42 Å². The Labute approximate surface area is 122 Å². The number of rotatable bonds is 6. The summed E-state index contributed by atoms with van der Waals surface area (Å²) in [6, 6.07) is 10.1. The molecular weight excluding hydrogens is 275 g/mol. The molecule has 2 aromatic rings. The number of likely N-dealkylation sites (N-methyl/N-ethyl adjacent to an activating group) is 1. The lowest BCUT2D eigenvalue weighted by Crippen LogP contribution is -2.24. The van der Waals surface area contributed by atoms with Gasteiger partial charge in [0.15, 0.2) is 0 Å². The van der Waals surface area contributed by atoms with Gasteiger partial charge in [-0.1, -0.05) is 31.2 Å². The molecule has 0 saturated heterocycles. The molecule has 0 aliphatic heterocycles. The van der Waals surface area contributed by atoms with Crippen LogP contribution in [0, 0.1) is 17.5 Å². The SMILES string of the molecule is CCNCC(Cc1c(F)cccc1F)c1ccccc1F. The van der Waals surface area contributed by atoms with Crippen LogP contribution in [0.1, 0.15) is 24.0 Å². The van der Waals surface area contributed by atoms with Gasteiger partial charge in [0.1, 0.15) is 17.5 Å². The Morgan fingerprint density at radius 3 is 2.14 bits per heavy atom. The molecule has 0 aliphatic rings. The van der Waals surface area contributed by atoms with Gasteiger partial charge in [-0.3, -0.25) is 0 Å². The second-order valence-corrected chi connectivity index (χ2v) is 4.93. The van der Waals surface area contributed by atoms with Crippen molar-refractivity contribution in [2.24, 2.45) is 0 Å². The van der Waals surface area contributed by atoms with Crippen LogP contribution in [0.4, 0.5) is 13.2 Å². The predicted molar refractivity (Wildman–Crippen MR) is 77.7 cm³/mol. The Hall–Kier alpha value is -1.81. The third kappa shape index (κ3) is 3.85. The van der Waals surface area contributed by atoms with Crippen LogP contribution in [0.15, 0.2) is 42.5 Å². The molecule has 21 heavy (non-hydrogen) atoms. The lowest BCUT2D eigenvalue weighted by Gasteiger charge is -2.19. The summed E-state index contributed by atoms with van der Waals surface area (Å²) in [7, 11) is 0. The van der Waals surface area contributed by atoms with Crippen molar-refractivity contribution in [1.82, 2.24) is 5.32 Å². The van der Waals surface area contributed by atoms with E-state index in [1.54, 1.807) is 18.2 Å². The Kier molecular flexibility index (Phi) is 5.39. The second kappa shape index (κ2) is 7.27. The molecule has 4 heteroatoms. The highest BCUT2D eigenvalue weighted by molar-refractivity contribution is 5.27. The van der Waals surface area contributed by atoms with Crippen molar-refractivity contribution < 1.29 is 13.2 Å². The van der Waals surface area contributed by atoms with E-state index in [1.807, 2.05) is 6.92 Å². The van der Waals surface area contributed by atoms with Crippen LogP contribution in [0.2, 0.25) is 0 Å². The van der Waals surface area contributed by atoms with Crippen molar-refractivity contribution in [2.75, 3.05) is 13.1 Å². The largest absolute Gasteiger partial charge is 0.316 e. The fraction of sp³-hybridized carbons (Fsp3) is 0.294.